The normalized spacial score (nSPS) is 13.0. The van der Waals surface area contributed by atoms with E-state index >= 15 is 0 Å². The minimum atomic E-state index is 0. The molecule has 1 aromatic heterocycles. The minimum absolute atomic E-state index is 0. The van der Waals surface area contributed by atoms with Crippen molar-refractivity contribution >= 4 is 41.3 Å². The SMILES string of the molecule is CCNC(=NCC(C)C)NC(C)Cc1ccc(C)s1.I. The highest BCUT2D eigenvalue weighted by Crippen LogP contribution is 2.16. The van der Waals surface area contributed by atoms with E-state index in [9.17, 15) is 0 Å². The largest absolute Gasteiger partial charge is 0.357 e. The molecule has 0 aromatic carbocycles. The molecule has 0 aliphatic rings. The Bertz CT molecular complexity index is 402. The maximum atomic E-state index is 4.60. The van der Waals surface area contributed by atoms with Crippen LogP contribution in [0.25, 0.3) is 0 Å². The van der Waals surface area contributed by atoms with Gasteiger partial charge in [0, 0.05) is 35.3 Å². The molecule has 0 spiro atoms. The summed E-state index contributed by atoms with van der Waals surface area (Å²) in [6.07, 6.45) is 1.05. The van der Waals surface area contributed by atoms with Gasteiger partial charge in [-0.05, 0) is 38.8 Å². The Morgan fingerprint density at radius 3 is 2.50 bits per heavy atom. The molecule has 0 fully saturated rings. The lowest BCUT2D eigenvalue weighted by Gasteiger charge is -2.17. The Hall–Kier alpha value is -0.300. The Labute approximate surface area is 144 Å². The molecule has 1 atom stereocenters. The second-order valence-electron chi connectivity index (χ2n) is 5.38. The van der Waals surface area contributed by atoms with E-state index in [1.54, 1.807) is 0 Å². The fourth-order valence-corrected chi connectivity index (χ4v) is 2.79. The maximum Gasteiger partial charge on any atom is 0.191 e. The summed E-state index contributed by atoms with van der Waals surface area (Å²) in [6, 6.07) is 4.80. The first kappa shape index (κ1) is 19.7. The number of rotatable bonds is 6. The summed E-state index contributed by atoms with van der Waals surface area (Å²) >= 11 is 1.87. The fourth-order valence-electron chi connectivity index (χ4n) is 1.77. The van der Waals surface area contributed by atoms with Gasteiger partial charge in [-0.3, -0.25) is 4.99 Å². The van der Waals surface area contributed by atoms with Crippen LogP contribution in [0.2, 0.25) is 0 Å². The number of aryl methyl sites for hydroxylation is 1. The van der Waals surface area contributed by atoms with Gasteiger partial charge in [-0.15, -0.1) is 35.3 Å². The zero-order valence-corrected chi connectivity index (χ0v) is 16.3. The van der Waals surface area contributed by atoms with Gasteiger partial charge in [-0.25, -0.2) is 0 Å². The first-order valence-electron chi connectivity index (χ1n) is 7.11. The highest BCUT2D eigenvalue weighted by Gasteiger charge is 2.07. The topological polar surface area (TPSA) is 36.4 Å². The van der Waals surface area contributed by atoms with E-state index in [4.69, 9.17) is 0 Å². The van der Waals surface area contributed by atoms with Gasteiger partial charge in [0.15, 0.2) is 5.96 Å². The van der Waals surface area contributed by atoms with Gasteiger partial charge in [0.05, 0.1) is 0 Å². The molecule has 0 aliphatic carbocycles. The smallest absolute Gasteiger partial charge is 0.191 e. The van der Waals surface area contributed by atoms with Crippen LogP contribution in [0, 0.1) is 12.8 Å². The molecule has 0 saturated carbocycles. The van der Waals surface area contributed by atoms with Crippen LogP contribution in [0.5, 0.6) is 0 Å². The van der Waals surface area contributed by atoms with Gasteiger partial charge in [-0.1, -0.05) is 13.8 Å². The third kappa shape index (κ3) is 8.09. The molecular weight excluding hydrogens is 381 g/mol. The summed E-state index contributed by atoms with van der Waals surface area (Å²) in [6.45, 7) is 12.6. The average molecular weight is 409 g/mol. The molecule has 20 heavy (non-hydrogen) atoms. The minimum Gasteiger partial charge on any atom is -0.357 e. The summed E-state index contributed by atoms with van der Waals surface area (Å²) in [7, 11) is 0. The third-order valence-corrected chi connectivity index (χ3v) is 3.67. The Kier molecular flexibility index (Phi) is 10.3. The molecule has 1 unspecified atom stereocenters. The van der Waals surface area contributed by atoms with Crippen LogP contribution in [0.15, 0.2) is 17.1 Å². The molecule has 3 nitrogen and oxygen atoms in total. The van der Waals surface area contributed by atoms with Crippen molar-refractivity contribution in [1.82, 2.24) is 10.6 Å². The molecule has 0 radical (unpaired) electrons. The summed E-state index contributed by atoms with van der Waals surface area (Å²) < 4.78 is 0. The van der Waals surface area contributed by atoms with E-state index in [1.807, 2.05) is 11.3 Å². The second kappa shape index (κ2) is 10.4. The molecule has 1 rings (SSSR count). The molecular formula is C15H28IN3S. The van der Waals surface area contributed by atoms with Crippen molar-refractivity contribution in [3.05, 3.63) is 21.9 Å². The number of guanidine groups is 1. The van der Waals surface area contributed by atoms with E-state index in [-0.39, 0.29) is 24.0 Å². The Morgan fingerprint density at radius 2 is 2.00 bits per heavy atom. The average Bonchev–Trinajstić information content (AvgIpc) is 2.71. The van der Waals surface area contributed by atoms with Crippen molar-refractivity contribution in [3.8, 4) is 0 Å². The highest BCUT2D eigenvalue weighted by molar-refractivity contribution is 14.0. The molecule has 1 heterocycles. The van der Waals surface area contributed by atoms with Gasteiger partial charge in [0.1, 0.15) is 0 Å². The summed E-state index contributed by atoms with van der Waals surface area (Å²) in [5, 5.41) is 6.78. The second-order valence-corrected chi connectivity index (χ2v) is 6.75. The van der Waals surface area contributed by atoms with Gasteiger partial charge in [-0.2, -0.15) is 0 Å². The number of hydrogen-bond acceptors (Lipinski definition) is 2. The number of hydrogen-bond donors (Lipinski definition) is 2. The van der Waals surface area contributed by atoms with Gasteiger partial charge in [0.25, 0.3) is 0 Å². The zero-order valence-electron chi connectivity index (χ0n) is 13.2. The van der Waals surface area contributed by atoms with Crippen molar-refractivity contribution in [1.29, 1.82) is 0 Å². The number of aliphatic imine (C=N–C) groups is 1. The summed E-state index contributed by atoms with van der Waals surface area (Å²) in [5.41, 5.74) is 0. The van der Waals surface area contributed by atoms with Crippen molar-refractivity contribution in [2.45, 2.75) is 47.1 Å². The standard InChI is InChI=1S/C15H27N3S.HI/c1-6-16-15(17-10-11(2)3)18-12(4)9-14-8-7-13(5)19-14;/h7-8,11-12H,6,9-10H2,1-5H3,(H2,16,17,18);1H. The molecule has 5 heteroatoms. The van der Waals surface area contributed by atoms with Gasteiger partial charge < -0.3 is 10.6 Å². The van der Waals surface area contributed by atoms with Crippen LogP contribution in [0.3, 0.4) is 0 Å². The zero-order chi connectivity index (χ0) is 14.3. The molecule has 0 saturated heterocycles. The Balaban J connectivity index is 0.00000361. The summed E-state index contributed by atoms with van der Waals surface area (Å²) in [4.78, 5) is 7.40. The lowest BCUT2D eigenvalue weighted by atomic mass is 10.2. The van der Waals surface area contributed by atoms with E-state index < -0.39 is 0 Å². The third-order valence-electron chi connectivity index (χ3n) is 2.65. The van der Waals surface area contributed by atoms with Crippen molar-refractivity contribution in [3.63, 3.8) is 0 Å². The molecule has 0 bridgehead atoms. The maximum absolute atomic E-state index is 4.60. The molecule has 1 aromatic rings. The van der Waals surface area contributed by atoms with Crippen LogP contribution in [-0.4, -0.2) is 25.1 Å². The lowest BCUT2D eigenvalue weighted by molar-refractivity contribution is 0.626. The molecule has 0 amide bonds. The summed E-state index contributed by atoms with van der Waals surface area (Å²) in [5.74, 6) is 1.52. The van der Waals surface area contributed by atoms with Crippen molar-refractivity contribution in [2.75, 3.05) is 13.1 Å². The molecule has 2 N–H and O–H groups in total. The molecule has 0 aliphatic heterocycles. The van der Waals surface area contributed by atoms with E-state index in [2.05, 4.69) is 62.4 Å². The van der Waals surface area contributed by atoms with Crippen LogP contribution in [0.4, 0.5) is 0 Å². The number of nitrogens with zero attached hydrogens (tertiary/aromatic N) is 1. The monoisotopic (exact) mass is 409 g/mol. The van der Waals surface area contributed by atoms with E-state index in [0.29, 0.717) is 12.0 Å². The van der Waals surface area contributed by atoms with E-state index in [1.165, 1.54) is 9.75 Å². The van der Waals surface area contributed by atoms with Crippen LogP contribution < -0.4 is 10.6 Å². The van der Waals surface area contributed by atoms with Crippen LogP contribution in [-0.2, 0) is 6.42 Å². The Morgan fingerprint density at radius 1 is 1.30 bits per heavy atom. The molecule has 116 valence electrons. The number of nitrogens with one attached hydrogen (secondary N) is 2. The predicted octanol–water partition coefficient (Wildman–Crippen LogP) is 3.82. The van der Waals surface area contributed by atoms with Gasteiger partial charge >= 0.3 is 0 Å². The number of halogens is 1. The van der Waals surface area contributed by atoms with Gasteiger partial charge in [0.2, 0.25) is 0 Å². The van der Waals surface area contributed by atoms with E-state index in [0.717, 1.165) is 25.5 Å². The number of thiophene rings is 1. The van der Waals surface area contributed by atoms with Crippen LogP contribution >= 0.6 is 35.3 Å². The van der Waals surface area contributed by atoms with Crippen molar-refractivity contribution in [2.24, 2.45) is 10.9 Å². The first-order chi connectivity index (χ1) is 9.01. The van der Waals surface area contributed by atoms with Crippen molar-refractivity contribution < 1.29 is 0 Å². The quantitative estimate of drug-likeness (QED) is 0.426. The first-order valence-corrected chi connectivity index (χ1v) is 7.93. The predicted molar refractivity (Wildman–Crippen MR) is 102 cm³/mol. The fraction of sp³-hybridized carbons (Fsp3) is 0.667. The highest BCUT2D eigenvalue weighted by atomic mass is 127. The lowest BCUT2D eigenvalue weighted by Crippen LogP contribution is -2.43. The van der Waals surface area contributed by atoms with Crippen LogP contribution in [0.1, 0.15) is 37.4 Å².